The molecule has 0 fully saturated rings. The van der Waals surface area contributed by atoms with E-state index < -0.39 is 5.60 Å². The molecule has 0 bridgehead atoms. The lowest BCUT2D eigenvalue weighted by Crippen LogP contribution is -2.34. The van der Waals surface area contributed by atoms with Crippen molar-refractivity contribution < 1.29 is 14.6 Å². The van der Waals surface area contributed by atoms with Crippen molar-refractivity contribution in [3.8, 4) is 22.8 Å². The summed E-state index contributed by atoms with van der Waals surface area (Å²) in [7, 11) is 0. The maximum atomic E-state index is 12.4. The fourth-order valence-electron chi connectivity index (χ4n) is 4.46. The first kappa shape index (κ1) is 22.5. The second kappa shape index (κ2) is 9.25. The molecule has 0 amide bonds. The highest BCUT2D eigenvalue weighted by Gasteiger charge is 2.39. The average molecular weight is 544 g/mol. The van der Waals surface area contributed by atoms with Crippen molar-refractivity contribution in [1.82, 2.24) is 24.5 Å². The van der Waals surface area contributed by atoms with Crippen LogP contribution in [0.25, 0.3) is 11.3 Å². The van der Waals surface area contributed by atoms with Gasteiger partial charge in [-0.15, -0.1) is 5.10 Å². The lowest BCUT2D eigenvalue weighted by atomic mass is 9.87. The maximum absolute atomic E-state index is 12.4. The smallest absolute Gasteiger partial charge is 0.231 e. The highest BCUT2D eigenvalue weighted by molar-refractivity contribution is 9.10. The number of halogens is 1. The zero-order valence-electron chi connectivity index (χ0n) is 19.2. The van der Waals surface area contributed by atoms with Crippen molar-refractivity contribution in [3.05, 3.63) is 113 Å². The van der Waals surface area contributed by atoms with Gasteiger partial charge in [0, 0.05) is 22.4 Å². The van der Waals surface area contributed by atoms with Gasteiger partial charge in [-0.3, -0.25) is 0 Å². The van der Waals surface area contributed by atoms with Gasteiger partial charge >= 0.3 is 0 Å². The van der Waals surface area contributed by atoms with E-state index >= 15 is 0 Å². The van der Waals surface area contributed by atoms with E-state index in [1.54, 1.807) is 12.5 Å². The molecule has 1 N–H and O–H groups in total. The number of benzene rings is 3. The molecule has 0 saturated heterocycles. The van der Waals surface area contributed by atoms with E-state index in [0.29, 0.717) is 35.0 Å². The molecule has 0 spiro atoms. The molecule has 5 aromatic rings. The Labute approximate surface area is 215 Å². The average Bonchev–Trinajstić information content (AvgIpc) is 3.66. The van der Waals surface area contributed by atoms with Gasteiger partial charge in [-0.1, -0.05) is 63.6 Å². The molecule has 1 aliphatic rings. The van der Waals surface area contributed by atoms with Crippen molar-refractivity contribution in [1.29, 1.82) is 0 Å². The summed E-state index contributed by atoms with van der Waals surface area (Å²) >= 11 is 3.50. The van der Waals surface area contributed by atoms with Crippen LogP contribution in [-0.4, -0.2) is 36.4 Å². The van der Waals surface area contributed by atoms with Gasteiger partial charge in [0.25, 0.3) is 0 Å². The molecule has 36 heavy (non-hydrogen) atoms. The van der Waals surface area contributed by atoms with Crippen LogP contribution in [0.4, 0.5) is 0 Å². The number of hydrogen-bond donors (Lipinski definition) is 1. The minimum Gasteiger partial charge on any atom is -0.454 e. The van der Waals surface area contributed by atoms with Gasteiger partial charge < -0.3 is 19.1 Å². The topological polar surface area (TPSA) is 87.2 Å². The van der Waals surface area contributed by atoms with E-state index in [0.717, 1.165) is 15.6 Å². The van der Waals surface area contributed by atoms with Gasteiger partial charge in [-0.2, -0.15) is 0 Å². The Bertz CT molecular complexity index is 1490. The van der Waals surface area contributed by atoms with E-state index in [-0.39, 0.29) is 13.3 Å². The van der Waals surface area contributed by atoms with Crippen molar-refractivity contribution >= 4 is 15.9 Å². The van der Waals surface area contributed by atoms with Gasteiger partial charge in [0.05, 0.1) is 25.1 Å². The number of rotatable bonds is 7. The lowest BCUT2D eigenvalue weighted by Gasteiger charge is -2.28. The van der Waals surface area contributed by atoms with Gasteiger partial charge in [-0.05, 0) is 41.5 Å². The van der Waals surface area contributed by atoms with Crippen LogP contribution in [0.5, 0.6) is 11.5 Å². The van der Waals surface area contributed by atoms with E-state index in [4.69, 9.17) is 9.47 Å². The third-order valence-electron chi connectivity index (χ3n) is 6.24. The summed E-state index contributed by atoms with van der Waals surface area (Å²) < 4.78 is 15.7. The monoisotopic (exact) mass is 543 g/mol. The molecule has 9 heteroatoms. The largest absolute Gasteiger partial charge is 0.454 e. The zero-order valence-corrected chi connectivity index (χ0v) is 20.7. The summed E-state index contributed by atoms with van der Waals surface area (Å²) in [5.41, 5.74) is 2.21. The molecule has 180 valence electrons. The van der Waals surface area contributed by atoms with Crippen molar-refractivity contribution in [3.63, 3.8) is 0 Å². The number of imidazole rings is 1. The van der Waals surface area contributed by atoms with Crippen LogP contribution in [-0.2, 0) is 18.7 Å². The number of ether oxygens (including phenoxy) is 2. The number of hydrogen-bond acceptors (Lipinski definition) is 6. The first-order valence-electron chi connectivity index (χ1n) is 11.4. The lowest BCUT2D eigenvalue weighted by molar-refractivity contribution is 0.0572. The fraction of sp³-hybridized carbons (Fsp3) is 0.148. The van der Waals surface area contributed by atoms with Crippen LogP contribution >= 0.6 is 15.9 Å². The summed E-state index contributed by atoms with van der Waals surface area (Å²) in [6, 6.07) is 23.3. The molecule has 0 radical (unpaired) electrons. The van der Waals surface area contributed by atoms with Gasteiger partial charge in [0.1, 0.15) is 5.69 Å². The predicted octanol–water partition coefficient (Wildman–Crippen LogP) is 4.62. The number of nitrogens with zero attached hydrogens (tertiary/aromatic N) is 5. The first-order chi connectivity index (χ1) is 17.6. The van der Waals surface area contributed by atoms with E-state index in [2.05, 4.69) is 31.2 Å². The van der Waals surface area contributed by atoms with Crippen LogP contribution in [0.3, 0.4) is 0 Å². The first-order valence-corrected chi connectivity index (χ1v) is 12.2. The van der Waals surface area contributed by atoms with Gasteiger partial charge in [0.2, 0.25) is 6.79 Å². The third kappa shape index (κ3) is 4.16. The van der Waals surface area contributed by atoms with Crippen LogP contribution in [0, 0.1) is 0 Å². The van der Waals surface area contributed by atoms with Crippen LogP contribution < -0.4 is 9.47 Å². The molecule has 3 heterocycles. The molecule has 3 aromatic carbocycles. The van der Waals surface area contributed by atoms with Crippen molar-refractivity contribution in [2.24, 2.45) is 0 Å². The molecule has 0 aliphatic carbocycles. The third-order valence-corrected chi connectivity index (χ3v) is 6.77. The van der Waals surface area contributed by atoms with E-state index in [1.165, 1.54) is 0 Å². The fourth-order valence-corrected chi connectivity index (χ4v) is 4.73. The van der Waals surface area contributed by atoms with E-state index in [1.807, 2.05) is 88.2 Å². The number of fused-ring (bicyclic) bond motifs is 1. The van der Waals surface area contributed by atoms with Crippen LogP contribution in [0.1, 0.15) is 16.8 Å². The normalized spacial score (nSPS) is 14.1. The second-order valence-electron chi connectivity index (χ2n) is 8.60. The Morgan fingerprint density at radius 3 is 2.56 bits per heavy atom. The quantitative estimate of drug-likeness (QED) is 0.322. The highest BCUT2D eigenvalue weighted by atomic mass is 79.9. The Morgan fingerprint density at radius 1 is 0.972 bits per heavy atom. The summed E-state index contributed by atoms with van der Waals surface area (Å²) in [4.78, 5) is 4.16. The molecule has 0 saturated carbocycles. The second-order valence-corrected chi connectivity index (χ2v) is 9.52. The Morgan fingerprint density at radius 2 is 1.78 bits per heavy atom. The Kier molecular flexibility index (Phi) is 5.79. The molecule has 2 aromatic heterocycles. The van der Waals surface area contributed by atoms with Crippen molar-refractivity contribution in [2.45, 2.75) is 18.7 Å². The van der Waals surface area contributed by atoms with Crippen LogP contribution in [0.15, 0.2) is 96.0 Å². The highest BCUT2D eigenvalue weighted by Crippen LogP contribution is 2.41. The predicted molar refractivity (Wildman–Crippen MR) is 136 cm³/mol. The number of aromatic nitrogens is 5. The standard InChI is InChI=1S/C27H22BrN5O3/c28-22-9-7-21(8-10-22)27(34,16-32-13-12-29-17-32)26-25(20-6-11-23-24(14-20)36-18-35-23)33(31-30-26)15-19-4-2-1-3-5-19/h1-14,17,34H,15-16,18H2. The zero-order chi connectivity index (χ0) is 24.5. The minimum absolute atomic E-state index is 0.177. The summed E-state index contributed by atoms with van der Waals surface area (Å²) in [6.07, 6.45) is 5.18. The molecule has 6 rings (SSSR count). The van der Waals surface area contributed by atoms with Gasteiger partial charge in [-0.25, -0.2) is 9.67 Å². The Balaban J connectivity index is 1.54. The van der Waals surface area contributed by atoms with Crippen molar-refractivity contribution in [2.75, 3.05) is 6.79 Å². The van der Waals surface area contributed by atoms with E-state index in [9.17, 15) is 5.11 Å². The molecular formula is C27H22BrN5O3. The summed E-state index contributed by atoms with van der Waals surface area (Å²) in [6.45, 7) is 0.867. The molecular weight excluding hydrogens is 522 g/mol. The van der Waals surface area contributed by atoms with Crippen LogP contribution in [0.2, 0.25) is 0 Å². The Hall–Kier alpha value is -3.95. The summed E-state index contributed by atoms with van der Waals surface area (Å²) in [5.74, 6) is 1.33. The summed E-state index contributed by atoms with van der Waals surface area (Å²) in [5, 5.41) is 21.5. The molecule has 1 aliphatic heterocycles. The molecule has 1 unspecified atom stereocenters. The number of aliphatic hydroxyl groups is 1. The maximum Gasteiger partial charge on any atom is 0.231 e. The molecule has 1 atom stereocenters. The SMILES string of the molecule is OC(Cn1ccnc1)(c1ccc(Br)cc1)c1nnn(Cc2ccccc2)c1-c1ccc2c(c1)OCO2. The molecule has 8 nitrogen and oxygen atoms in total. The van der Waals surface area contributed by atoms with Gasteiger partial charge in [0.15, 0.2) is 17.1 Å². The minimum atomic E-state index is -1.50.